The molecular weight excluding hydrogens is 330 g/mol. The van der Waals surface area contributed by atoms with E-state index in [0.29, 0.717) is 11.3 Å². The van der Waals surface area contributed by atoms with Crippen LogP contribution in [0.4, 0.5) is 5.69 Å². The van der Waals surface area contributed by atoms with Crippen LogP contribution in [0.5, 0.6) is 11.5 Å². The van der Waals surface area contributed by atoms with Crippen molar-refractivity contribution in [3.05, 3.63) is 53.6 Å². The molecule has 1 heterocycles. The van der Waals surface area contributed by atoms with Crippen molar-refractivity contribution in [3.8, 4) is 11.5 Å². The van der Waals surface area contributed by atoms with Gasteiger partial charge in [-0.05, 0) is 49.6 Å². The monoisotopic (exact) mass is 353 g/mol. The number of aromatic hydroxyl groups is 1. The average molecular weight is 353 g/mol. The van der Waals surface area contributed by atoms with Crippen molar-refractivity contribution in [3.63, 3.8) is 0 Å². The fourth-order valence-corrected chi connectivity index (χ4v) is 3.03. The third-order valence-electron chi connectivity index (χ3n) is 4.42. The van der Waals surface area contributed by atoms with Crippen LogP contribution in [-0.2, 0) is 0 Å². The van der Waals surface area contributed by atoms with Crippen molar-refractivity contribution in [1.82, 2.24) is 5.43 Å². The summed E-state index contributed by atoms with van der Waals surface area (Å²) in [6.07, 6.45) is 5.27. The van der Waals surface area contributed by atoms with E-state index in [1.54, 1.807) is 25.5 Å². The number of rotatable bonds is 5. The van der Waals surface area contributed by atoms with Gasteiger partial charge in [-0.2, -0.15) is 5.10 Å². The highest BCUT2D eigenvalue weighted by atomic mass is 16.5. The lowest BCUT2D eigenvalue weighted by Gasteiger charge is -2.29. The smallest absolute Gasteiger partial charge is 0.271 e. The normalized spacial score (nSPS) is 14.4. The number of nitrogens with zero attached hydrogens (tertiary/aromatic N) is 2. The van der Waals surface area contributed by atoms with Crippen LogP contribution < -0.4 is 15.1 Å². The molecule has 1 aliphatic rings. The lowest BCUT2D eigenvalue weighted by molar-refractivity contribution is 0.0954. The van der Waals surface area contributed by atoms with Gasteiger partial charge in [0.15, 0.2) is 0 Å². The number of amides is 1. The third-order valence-corrected chi connectivity index (χ3v) is 4.42. The van der Waals surface area contributed by atoms with Crippen LogP contribution in [0, 0.1) is 0 Å². The second kappa shape index (κ2) is 8.38. The van der Waals surface area contributed by atoms with Crippen LogP contribution >= 0.6 is 0 Å². The van der Waals surface area contributed by atoms with E-state index in [2.05, 4.69) is 15.4 Å². The molecule has 26 heavy (non-hydrogen) atoms. The Labute approximate surface area is 153 Å². The predicted molar refractivity (Wildman–Crippen MR) is 102 cm³/mol. The molecule has 2 aromatic rings. The number of phenolic OH excluding ortho intramolecular Hbond substituents is 1. The Kier molecular flexibility index (Phi) is 5.73. The summed E-state index contributed by atoms with van der Waals surface area (Å²) >= 11 is 0. The summed E-state index contributed by atoms with van der Waals surface area (Å²) in [5.41, 5.74) is 4.72. The highest BCUT2D eigenvalue weighted by molar-refractivity contribution is 5.95. The summed E-state index contributed by atoms with van der Waals surface area (Å²) < 4.78 is 5.47. The standard InChI is InChI=1S/C20H23N3O3/c1-26-19-13-17(23-10-3-2-4-11-23)9-8-16(19)14-21-22-20(25)15-6-5-7-18(24)12-15/h5-9,12-14,24H,2-4,10-11H2,1H3,(H,22,25)/b21-14+. The van der Waals surface area contributed by atoms with Gasteiger partial charge in [-0.25, -0.2) is 5.43 Å². The molecular formula is C20H23N3O3. The van der Waals surface area contributed by atoms with Crippen molar-refractivity contribution in [2.75, 3.05) is 25.1 Å². The number of nitrogens with one attached hydrogen (secondary N) is 1. The molecule has 2 aromatic carbocycles. The number of piperidine rings is 1. The first-order chi connectivity index (χ1) is 12.7. The Morgan fingerprint density at radius 2 is 2.00 bits per heavy atom. The number of hydrogen-bond donors (Lipinski definition) is 2. The van der Waals surface area contributed by atoms with Crippen molar-refractivity contribution in [2.24, 2.45) is 5.10 Å². The molecule has 0 unspecified atom stereocenters. The highest BCUT2D eigenvalue weighted by Crippen LogP contribution is 2.26. The van der Waals surface area contributed by atoms with Gasteiger partial charge in [-0.3, -0.25) is 4.79 Å². The van der Waals surface area contributed by atoms with Gasteiger partial charge in [0.2, 0.25) is 0 Å². The molecule has 1 fully saturated rings. The maximum absolute atomic E-state index is 12.0. The summed E-state index contributed by atoms with van der Waals surface area (Å²) in [6.45, 7) is 2.13. The summed E-state index contributed by atoms with van der Waals surface area (Å²) in [5.74, 6) is 0.362. The summed E-state index contributed by atoms with van der Waals surface area (Å²) in [4.78, 5) is 14.4. The molecule has 0 spiro atoms. The number of carbonyl (C=O) groups is 1. The van der Waals surface area contributed by atoms with Gasteiger partial charge in [0.05, 0.1) is 13.3 Å². The van der Waals surface area contributed by atoms with E-state index in [0.717, 1.165) is 24.3 Å². The van der Waals surface area contributed by atoms with Crippen molar-refractivity contribution < 1.29 is 14.6 Å². The Hall–Kier alpha value is -3.02. The molecule has 0 aromatic heterocycles. The second-order valence-corrected chi connectivity index (χ2v) is 6.22. The van der Waals surface area contributed by atoms with E-state index in [1.807, 2.05) is 18.2 Å². The molecule has 6 nitrogen and oxygen atoms in total. The molecule has 1 amide bonds. The zero-order chi connectivity index (χ0) is 18.4. The molecule has 1 saturated heterocycles. The molecule has 0 radical (unpaired) electrons. The van der Waals surface area contributed by atoms with Crippen LogP contribution in [0.2, 0.25) is 0 Å². The summed E-state index contributed by atoms with van der Waals surface area (Å²) in [7, 11) is 1.62. The first-order valence-corrected chi connectivity index (χ1v) is 8.73. The van der Waals surface area contributed by atoms with Gasteiger partial charge >= 0.3 is 0 Å². The van der Waals surface area contributed by atoms with Gasteiger partial charge in [0, 0.05) is 36.0 Å². The number of methoxy groups -OCH3 is 1. The lowest BCUT2D eigenvalue weighted by Crippen LogP contribution is -2.29. The fourth-order valence-electron chi connectivity index (χ4n) is 3.03. The minimum Gasteiger partial charge on any atom is -0.508 e. The minimum absolute atomic E-state index is 0.0385. The van der Waals surface area contributed by atoms with E-state index in [1.165, 1.54) is 31.4 Å². The number of phenols is 1. The Morgan fingerprint density at radius 3 is 2.73 bits per heavy atom. The molecule has 3 rings (SSSR count). The van der Waals surface area contributed by atoms with Crippen LogP contribution in [0.3, 0.4) is 0 Å². The van der Waals surface area contributed by atoms with Gasteiger partial charge in [-0.15, -0.1) is 0 Å². The fraction of sp³-hybridized carbons (Fsp3) is 0.300. The lowest BCUT2D eigenvalue weighted by atomic mass is 10.1. The third kappa shape index (κ3) is 4.33. The van der Waals surface area contributed by atoms with E-state index in [9.17, 15) is 9.90 Å². The Morgan fingerprint density at radius 1 is 1.19 bits per heavy atom. The second-order valence-electron chi connectivity index (χ2n) is 6.22. The SMILES string of the molecule is COc1cc(N2CCCCC2)ccc1/C=N/NC(=O)c1cccc(O)c1. The van der Waals surface area contributed by atoms with Crippen molar-refractivity contribution in [1.29, 1.82) is 0 Å². The van der Waals surface area contributed by atoms with Gasteiger partial charge in [-0.1, -0.05) is 6.07 Å². The molecule has 0 saturated carbocycles. The Bertz CT molecular complexity index is 799. The van der Waals surface area contributed by atoms with Gasteiger partial charge in [0.25, 0.3) is 5.91 Å². The largest absolute Gasteiger partial charge is 0.508 e. The zero-order valence-electron chi connectivity index (χ0n) is 14.8. The maximum Gasteiger partial charge on any atom is 0.271 e. The maximum atomic E-state index is 12.0. The van der Waals surface area contributed by atoms with Crippen LogP contribution in [0.1, 0.15) is 35.2 Å². The quantitative estimate of drug-likeness (QED) is 0.640. The molecule has 6 heteroatoms. The van der Waals surface area contributed by atoms with Gasteiger partial charge in [0.1, 0.15) is 11.5 Å². The highest BCUT2D eigenvalue weighted by Gasteiger charge is 2.13. The van der Waals surface area contributed by atoms with Crippen LogP contribution in [-0.4, -0.2) is 37.4 Å². The molecule has 0 atom stereocenters. The molecule has 2 N–H and O–H groups in total. The molecule has 136 valence electrons. The first kappa shape index (κ1) is 17.8. The number of ether oxygens (including phenoxy) is 1. The van der Waals surface area contributed by atoms with E-state index in [-0.39, 0.29) is 11.7 Å². The van der Waals surface area contributed by atoms with E-state index >= 15 is 0 Å². The van der Waals surface area contributed by atoms with Crippen molar-refractivity contribution >= 4 is 17.8 Å². The van der Waals surface area contributed by atoms with Gasteiger partial charge < -0.3 is 14.7 Å². The molecule has 0 bridgehead atoms. The summed E-state index contributed by atoms with van der Waals surface area (Å²) in [6, 6.07) is 12.1. The van der Waals surface area contributed by atoms with Crippen LogP contribution in [0.15, 0.2) is 47.6 Å². The van der Waals surface area contributed by atoms with Crippen LogP contribution in [0.25, 0.3) is 0 Å². The number of anilines is 1. The van der Waals surface area contributed by atoms with E-state index < -0.39 is 0 Å². The Balaban J connectivity index is 1.68. The zero-order valence-corrected chi connectivity index (χ0v) is 14.8. The predicted octanol–water partition coefficient (Wildman–Crippen LogP) is 3.16. The molecule has 0 aliphatic carbocycles. The minimum atomic E-state index is -0.388. The number of carbonyl (C=O) groups excluding carboxylic acids is 1. The van der Waals surface area contributed by atoms with E-state index in [4.69, 9.17) is 4.74 Å². The van der Waals surface area contributed by atoms with Crippen molar-refractivity contribution in [2.45, 2.75) is 19.3 Å². The number of hydrazone groups is 1. The molecule has 1 aliphatic heterocycles. The number of hydrogen-bond acceptors (Lipinski definition) is 5. The first-order valence-electron chi connectivity index (χ1n) is 8.73. The topological polar surface area (TPSA) is 74.2 Å². The summed E-state index contributed by atoms with van der Waals surface area (Å²) in [5, 5.41) is 13.4. The average Bonchev–Trinajstić information content (AvgIpc) is 2.68. The number of benzene rings is 2.